The number of ether oxygens (including phenoxy) is 2. The van der Waals surface area contributed by atoms with E-state index in [9.17, 15) is 4.79 Å². The summed E-state index contributed by atoms with van der Waals surface area (Å²) in [5.74, 6) is 2.06. The summed E-state index contributed by atoms with van der Waals surface area (Å²) >= 11 is 0. The number of fused-ring (bicyclic) bond motifs is 1. The molecule has 1 amide bonds. The molecular weight excluding hydrogens is 282 g/mol. The molecule has 0 spiro atoms. The van der Waals surface area contributed by atoms with Gasteiger partial charge in [0.15, 0.2) is 17.6 Å². The molecule has 1 aromatic heterocycles. The fourth-order valence-electron chi connectivity index (χ4n) is 2.53. The zero-order valence-electron chi connectivity index (χ0n) is 12.7. The van der Waals surface area contributed by atoms with Gasteiger partial charge in [-0.2, -0.15) is 0 Å². The number of rotatable bonds is 4. The Labute approximate surface area is 129 Å². The zero-order valence-corrected chi connectivity index (χ0v) is 12.7. The maximum Gasteiger partial charge on any atom is 0.257 e. The smallest absolute Gasteiger partial charge is 0.257 e. The number of likely N-dealkylation sites (N-methyl/N-ethyl adjacent to an activating group) is 1. The van der Waals surface area contributed by atoms with Crippen LogP contribution in [0.3, 0.4) is 0 Å². The van der Waals surface area contributed by atoms with Crippen LogP contribution in [0, 0.1) is 6.92 Å². The predicted molar refractivity (Wildman–Crippen MR) is 81.4 cm³/mol. The van der Waals surface area contributed by atoms with Gasteiger partial charge in [-0.3, -0.25) is 4.79 Å². The van der Waals surface area contributed by atoms with Gasteiger partial charge in [0.05, 0.1) is 18.4 Å². The van der Waals surface area contributed by atoms with Gasteiger partial charge in [0.25, 0.3) is 5.91 Å². The molecule has 0 fully saturated rings. The Morgan fingerprint density at radius 3 is 2.73 bits per heavy atom. The van der Waals surface area contributed by atoms with Crippen molar-refractivity contribution in [2.75, 3.05) is 19.7 Å². The molecule has 2 aromatic rings. The second-order valence-corrected chi connectivity index (χ2v) is 5.23. The van der Waals surface area contributed by atoms with Gasteiger partial charge in [-0.1, -0.05) is 12.1 Å². The molecule has 0 aliphatic carbocycles. The Morgan fingerprint density at radius 1 is 1.27 bits per heavy atom. The lowest BCUT2D eigenvalue weighted by Crippen LogP contribution is -2.43. The minimum absolute atomic E-state index is 0.0452. The molecule has 1 atom stereocenters. The molecule has 22 heavy (non-hydrogen) atoms. The first-order valence-corrected chi connectivity index (χ1v) is 7.41. The van der Waals surface area contributed by atoms with E-state index in [4.69, 9.17) is 13.9 Å². The Bertz CT molecular complexity index is 664. The highest BCUT2D eigenvalue weighted by Gasteiger charge is 2.26. The zero-order chi connectivity index (χ0) is 15.5. The lowest BCUT2D eigenvalue weighted by atomic mass is 10.2. The Balaban J connectivity index is 1.69. The van der Waals surface area contributed by atoms with E-state index < -0.39 is 0 Å². The number of carbonyl (C=O) groups is 1. The van der Waals surface area contributed by atoms with Gasteiger partial charge in [0.2, 0.25) is 0 Å². The molecule has 1 aromatic carbocycles. The SMILES string of the molecule is CCN(C[C@H]1COc2ccccc2O1)C(=O)c1ccoc1C. The molecule has 0 saturated heterocycles. The van der Waals surface area contributed by atoms with Crippen molar-refractivity contribution in [2.24, 2.45) is 0 Å². The van der Waals surface area contributed by atoms with Gasteiger partial charge in [-0.05, 0) is 32.0 Å². The minimum Gasteiger partial charge on any atom is -0.486 e. The molecule has 0 N–H and O–H groups in total. The van der Waals surface area contributed by atoms with Crippen LogP contribution in [0.15, 0.2) is 41.0 Å². The topological polar surface area (TPSA) is 51.9 Å². The van der Waals surface area contributed by atoms with E-state index in [1.165, 1.54) is 6.26 Å². The summed E-state index contributed by atoms with van der Waals surface area (Å²) in [7, 11) is 0. The van der Waals surface area contributed by atoms with Crippen LogP contribution in [0.25, 0.3) is 0 Å². The molecule has 0 bridgehead atoms. The number of para-hydroxylation sites is 2. The van der Waals surface area contributed by atoms with Crippen molar-refractivity contribution in [2.45, 2.75) is 20.0 Å². The van der Waals surface area contributed by atoms with Gasteiger partial charge >= 0.3 is 0 Å². The summed E-state index contributed by atoms with van der Waals surface area (Å²) in [6.45, 7) is 5.26. The van der Waals surface area contributed by atoms with Crippen LogP contribution < -0.4 is 9.47 Å². The van der Waals surface area contributed by atoms with Gasteiger partial charge < -0.3 is 18.8 Å². The second kappa shape index (κ2) is 6.13. The molecule has 116 valence electrons. The van der Waals surface area contributed by atoms with Gasteiger partial charge in [0.1, 0.15) is 12.4 Å². The van der Waals surface area contributed by atoms with Gasteiger partial charge in [-0.15, -0.1) is 0 Å². The summed E-state index contributed by atoms with van der Waals surface area (Å²) in [5, 5.41) is 0. The third kappa shape index (κ3) is 2.79. The number of hydrogen-bond donors (Lipinski definition) is 0. The van der Waals surface area contributed by atoms with Crippen molar-refractivity contribution in [1.82, 2.24) is 4.90 Å². The summed E-state index contributed by atoms with van der Waals surface area (Å²) < 4.78 is 16.8. The Kier molecular flexibility index (Phi) is 4.04. The predicted octanol–water partition coefficient (Wildman–Crippen LogP) is 2.89. The molecule has 1 aliphatic rings. The first kappa shape index (κ1) is 14.5. The maximum atomic E-state index is 12.5. The van der Waals surface area contributed by atoms with Crippen LogP contribution in [0.4, 0.5) is 0 Å². The molecular formula is C17H19NO4. The molecule has 5 heteroatoms. The van der Waals surface area contributed by atoms with E-state index >= 15 is 0 Å². The summed E-state index contributed by atoms with van der Waals surface area (Å²) in [5.41, 5.74) is 0.596. The molecule has 0 unspecified atom stereocenters. The van der Waals surface area contributed by atoms with Crippen LogP contribution in [0.1, 0.15) is 23.0 Å². The normalized spacial score (nSPS) is 16.4. The van der Waals surface area contributed by atoms with Crippen molar-refractivity contribution >= 4 is 5.91 Å². The number of amides is 1. The van der Waals surface area contributed by atoms with Crippen molar-refractivity contribution < 1.29 is 18.7 Å². The molecule has 0 saturated carbocycles. The average molecular weight is 301 g/mol. The molecule has 0 radical (unpaired) electrons. The number of carbonyl (C=O) groups excluding carboxylic acids is 1. The highest BCUT2D eigenvalue weighted by atomic mass is 16.6. The summed E-state index contributed by atoms with van der Waals surface area (Å²) in [6, 6.07) is 9.27. The maximum absolute atomic E-state index is 12.5. The third-order valence-corrected chi connectivity index (χ3v) is 3.75. The van der Waals surface area contributed by atoms with Crippen molar-refractivity contribution in [3.05, 3.63) is 47.9 Å². The van der Waals surface area contributed by atoms with Crippen LogP contribution >= 0.6 is 0 Å². The number of nitrogens with zero attached hydrogens (tertiary/aromatic N) is 1. The average Bonchev–Trinajstić information content (AvgIpc) is 2.98. The van der Waals surface area contributed by atoms with E-state index in [1.807, 2.05) is 31.2 Å². The van der Waals surface area contributed by atoms with E-state index in [0.717, 1.165) is 11.5 Å². The first-order chi connectivity index (χ1) is 10.7. The van der Waals surface area contributed by atoms with Gasteiger partial charge in [0, 0.05) is 6.54 Å². The van der Waals surface area contributed by atoms with Crippen LogP contribution in [0.5, 0.6) is 11.5 Å². The molecule has 3 rings (SSSR count). The monoisotopic (exact) mass is 301 g/mol. The van der Waals surface area contributed by atoms with Crippen molar-refractivity contribution in [3.8, 4) is 11.5 Å². The lowest BCUT2D eigenvalue weighted by molar-refractivity contribution is 0.0474. The summed E-state index contributed by atoms with van der Waals surface area (Å²) in [4.78, 5) is 14.3. The first-order valence-electron chi connectivity index (χ1n) is 7.41. The number of aryl methyl sites for hydroxylation is 1. The Morgan fingerprint density at radius 2 is 2.05 bits per heavy atom. The van der Waals surface area contributed by atoms with Crippen molar-refractivity contribution in [1.29, 1.82) is 0 Å². The number of furan rings is 1. The number of benzene rings is 1. The van der Waals surface area contributed by atoms with Crippen LogP contribution in [-0.2, 0) is 0 Å². The van der Waals surface area contributed by atoms with Crippen LogP contribution in [0.2, 0.25) is 0 Å². The molecule has 5 nitrogen and oxygen atoms in total. The largest absolute Gasteiger partial charge is 0.486 e. The fourth-order valence-corrected chi connectivity index (χ4v) is 2.53. The van der Waals surface area contributed by atoms with E-state index in [-0.39, 0.29) is 12.0 Å². The quantitative estimate of drug-likeness (QED) is 0.871. The van der Waals surface area contributed by atoms with E-state index in [2.05, 4.69) is 0 Å². The standard InChI is InChI=1S/C17H19NO4/c1-3-18(17(19)14-8-9-20-12(14)2)10-13-11-21-15-6-4-5-7-16(15)22-13/h4-9,13H,3,10-11H2,1-2H3/t13-/m0/s1. The lowest BCUT2D eigenvalue weighted by Gasteiger charge is -2.30. The minimum atomic E-state index is -0.175. The highest BCUT2D eigenvalue weighted by molar-refractivity contribution is 5.95. The fraction of sp³-hybridized carbons (Fsp3) is 0.353. The van der Waals surface area contributed by atoms with Gasteiger partial charge in [-0.25, -0.2) is 0 Å². The van der Waals surface area contributed by atoms with E-state index in [1.54, 1.807) is 17.9 Å². The molecule has 2 heterocycles. The third-order valence-electron chi connectivity index (χ3n) is 3.75. The number of hydrogen-bond acceptors (Lipinski definition) is 4. The molecule has 1 aliphatic heterocycles. The Hall–Kier alpha value is -2.43. The highest BCUT2D eigenvalue weighted by Crippen LogP contribution is 2.31. The van der Waals surface area contributed by atoms with Crippen LogP contribution in [-0.4, -0.2) is 36.6 Å². The summed E-state index contributed by atoms with van der Waals surface area (Å²) in [6.07, 6.45) is 1.36. The van der Waals surface area contributed by atoms with E-state index in [0.29, 0.717) is 31.0 Å². The van der Waals surface area contributed by atoms with Crippen molar-refractivity contribution in [3.63, 3.8) is 0 Å². The second-order valence-electron chi connectivity index (χ2n) is 5.23.